The minimum absolute atomic E-state index is 0.647. The van der Waals surface area contributed by atoms with Crippen molar-refractivity contribution in [2.45, 2.75) is 101 Å². The van der Waals surface area contributed by atoms with Crippen molar-refractivity contribution in [2.75, 3.05) is 9.80 Å². The lowest BCUT2D eigenvalue weighted by Gasteiger charge is -2.55. The highest BCUT2D eigenvalue weighted by atomic mass is 15.2. The molecule has 56 heavy (non-hydrogen) atoms. The first-order chi connectivity index (χ1) is 27.8. The number of benzene rings is 5. The van der Waals surface area contributed by atoms with E-state index in [1.165, 1.54) is 117 Å². The van der Waals surface area contributed by atoms with Crippen LogP contribution in [0, 0.1) is 47.3 Å². The molecule has 2 nitrogen and oxygen atoms in total. The molecule has 0 spiro atoms. The van der Waals surface area contributed by atoms with Crippen LogP contribution in [-0.4, -0.2) is 12.1 Å². The van der Waals surface area contributed by atoms with Crippen LogP contribution >= 0.6 is 0 Å². The van der Waals surface area contributed by atoms with E-state index in [9.17, 15) is 0 Å². The van der Waals surface area contributed by atoms with Crippen LogP contribution in [-0.2, 0) is 0 Å². The van der Waals surface area contributed by atoms with Gasteiger partial charge in [-0.15, -0.1) is 0 Å². The Hall–Kier alpha value is -4.30. The first-order valence-corrected chi connectivity index (χ1v) is 22.7. The van der Waals surface area contributed by atoms with Crippen molar-refractivity contribution in [1.82, 2.24) is 0 Å². The van der Waals surface area contributed by atoms with E-state index in [-0.39, 0.29) is 0 Å². The second kappa shape index (κ2) is 14.9. The average Bonchev–Trinajstić information content (AvgIpc) is 3.59. The number of anilines is 4. The Morgan fingerprint density at radius 3 is 1.80 bits per heavy atom. The van der Waals surface area contributed by atoms with E-state index in [2.05, 4.69) is 149 Å². The summed E-state index contributed by atoms with van der Waals surface area (Å²) in [5, 5.41) is 0. The summed E-state index contributed by atoms with van der Waals surface area (Å²) in [4.78, 5) is 5.52. The molecular weight excluding hydrogens is 677 g/mol. The van der Waals surface area contributed by atoms with Gasteiger partial charge in [0.25, 0.3) is 0 Å². The van der Waals surface area contributed by atoms with Gasteiger partial charge in [-0.05, 0) is 176 Å². The van der Waals surface area contributed by atoms with E-state index < -0.39 is 0 Å². The fraction of sp³-hybridized carbons (Fsp3) is 0.444. The first-order valence-electron chi connectivity index (χ1n) is 22.7. The van der Waals surface area contributed by atoms with Gasteiger partial charge in [-0.3, -0.25) is 0 Å². The molecule has 1 saturated heterocycles. The van der Waals surface area contributed by atoms with Crippen molar-refractivity contribution < 1.29 is 0 Å². The van der Waals surface area contributed by atoms with Gasteiger partial charge in [-0.2, -0.15) is 0 Å². The maximum Gasteiger partial charge on any atom is 0.0467 e. The Labute approximate surface area is 336 Å². The molecule has 5 aliphatic carbocycles. The summed E-state index contributed by atoms with van der Waals surface area (Å²) in [5.41, 5.74) is 9.33. The third kappa shape index (κ3) is 6.13. The number of rotatable bonds is 6. The summed E-state index contributed by atoms with van der Waals surface area (Å²) in [5.74, 6) is 8.00. The molecule has 0 aromatic heterocycles. The van der Waals surface area contributed by atoms with Gasteiger partial charge in [0, 0.05) is 34.8 Å². The van der Waals surface area contributed by atoms with Crippen LogP contribution < -0.4 is 9.80 Å². The second-order valence-electron chi connectivity index (χ2n) is 18.9. The van der Waals surface area contributed by atoms with Crippen LogP contribution in [0.5, 0.6) is 0 Å². The standard InChI is InChI=1S/C54H60N2/c1-4-14-37(15-5-1)40-19-12-22-44(34-40)55(41-20-8-3-9-21-41)42-28-30-43(31-29-42)56-45-27-26-38-18-13-25-50(51(38)35-45)53(39-16-6-2-7-17-39)54-49-24-11-10-23-47(49)48-33-32-46(56)36-52(48)54/h1-9,12,14-17,19-22,28-31,34,38,45-54H,10-11,13,18,23-27,32-33,35-36H2. The van der Waals surface area contributed by atoms with E-state index in [1.807, 2.05) is 0 Å². The first kappa shape index (κ1) is 34.9. The van der Waals surface area contributed by atoms with Crippen molar-refractivity contribution in [2.24, 2.45) is 47.3 Å². The number of hydrogen-bond donors (Lipinski definition) is 0. The molecule has 4 bridgehead atoms. The number of para-hydroxylation sites is 1. The lowest BCUT2D eigenvalue weighted by molar-refractivity contribution is 0.0259. The molecule has 6 aliphatic rings. The summed E-state index contributed by atoms with van der Waals surface area (Å²) >= 11 is 0. The minimum atomic E-state index is 0.647. The monoisotopic (exact) mass is 736 g/mol. The summed E-state index contributed by atoms with van der Waals surface area (Å²) in [6, 6.07) is 54.2. The molecule has 11 atom stereocenters. The Morgan fingerprint density at radius 1 is 0.411 bits per heavy atom. The molecule has 5 saturated carbocycles. The summed E-state index contributed by atoms with van der Waals surface area (Å²) < 4.78 is 0. The molecule has 5 aromatic carbocycles. The number of nitrogens with zero attached hydrogens (tertiary/aromatic N) is 2. The van der Waals surface area contributed by atoms with Gasteiger partial charge in [0.05, 0.1) is 0 Å². The normalized spacial score (nSPS) is 33.3. The molecule has 0 amide bonds. The van der Waals surface area contributed by atoms with Crippen molar-refractivity contribution in [3.8, 4) is 11.1 Å². The highest BCUT2D eigenvalue weighted by Crippen LogP contribution is 2.65. The lowest BCUT2D eigenvalue weighted by Crippen LogP contribution is -2.53. The van der Waals surface area contributed by atoms with Crippen LogP contribution in [0.1, 0.15) is 95.0 Å². The van der Waals surface area contributed by atoms with Gasteiger partial charge in [0.15, 0.2) is 0 Å². The fourth-order valence-corrected chi connectivity index (χ4v) is 14.5. The number of hydrogen-bond acceptors (Lipinski definition) is 2. The maximum absolute atomic E-state index is 3.06. The van der Waals surface area contributed by atoms with E-state index >= 15 is 0 Å². The summed E-state index contributed by atoms with van der Waals surface area (Å²) in [6.07, 6.45) is 18.8. The molecule has 6 fully saturated rings. The van der Waals surface area contributed by atoms with Gasteiger partial charge in [0.1, 0.15) is 0 Å². The molecule has 286 valence electrons. The molecule has 5 aromatic rings. The van der Waals surface area contributed by atoms with E-state index in [1.54, 1.807) is 5.56 Å². The quantitative estimate of drug-likeness (QED) is 0.171. The topological polar surface area (TPSA) is 6.48 Å². The van der Waals surface area contributed by atoms with Gasteiger partial charge in [-0.1, -0.05) is 117 Å². The van der Waals surface area contributed by atoms with Gasteiger partial charge in [-0.25, -0.2) is 0 Å². The Kier molecular flexibility index (Phi) is 9.28. The maximum atomic E-state index is 3.06. The molecule has 1 heterocycles. The third-order valence-corrected chi connectivity index (χ3v) is 16.5. The molecule has 11 rings (SSSR count). The van der Waals surface area contributed by atoms with E-state index in [4.69, 9.17) is 0 Å². The van der Waals surface area contributed by atoms with Crippen molar-refractivity contribution in [3.63, 3.8) is 0 Å². The molecule has 11 unspecified atom stereocenters. The molecule has 0 N–H and O–H groups in total. The predicted octanol–water partition coefficient (Wildman–Crippen LogP) is 14.2. The highest BCUT2D eigenvalue weighted by Gasteiger charge is 2.58. The third-order valence-electron chi connectivity index (χ3n) is 16.5. The zero-order valence-corrected chi connectivity index (χ0v) is 33.2. The zero-order chi connectivity index (χ0) is 37.0. The lowest BCUT2D eigenvalue weighted by atomic mass is 9.54. The Bertz CT molecular complexity index is 2080. The van der Waals surface area contributed by atoms with Gasteiger partial charge >= 0.3 is 0 Å². The Balaban J connectivity index is 0.981. The van der Waals surface area contributed by atoms with Crippen LogP contribution in [0.4, 0.5) is 22.7 Å². The second-order valence-corrected chi connectivity index (χ2v) is 18.9. The number of fused-ring (bicyclic) bond motifs is 5. The van der Waals surface area contributed by atoms with E-state index in [0.29, 0.717) is 12.1 Å². The van der Waals surface area contributed by atoms with Crippen LogP contribution in [0.3, 0.4) is 0 Å². The van der Waals surface area contributed by atoms with Crippen LogP contribution in [0.2, 0.25) is 0 Å². The molecular formula is C54H60N2. The van der Waals surface area contributed by atoms with Crippen molar-refractivity contribution in [1.29, 1.82) is 0 Å². The highest BCUT2D eigenvalue weighted by molar-refractivity contribution is 5.80. The summed E-state index contributed by atoms with van der Waals surface area (Å²) in [6.45, 7) is 0. The molecule has 2 heteroatoms. The average molecular weight is 737 g/mol. The predicted molar refractivity (Wildman–Crippen MR) is 234 cm³/mol. The minimum Gasteiger partial charge on any atom is -0.366 e. The van der Waals surface area contributed by atoms with Crippen LogP contribution in [0.25, 0.3) is 11.1 Å². The van der Waals surface area contributed by atoms with Crippen LogP contribution in [0.15, 0.2) is 140 Å². The van der Waals surface area contributed by atoms with Gasteiger partial charge < -0.3 is 9.80 Å². The Morgan fingerprint density at radius 2 is 1.02 bits per heavy atom. The smallest absolute Gasteiger partial charge is 0.0467 e. The van der Waals surface area contributed by atoms with Crippen molar-refractivity contribution >= 4 is 22.7 Å². The van der Waals surface area contributed by atoms with Gasteiger partial charge in [0.2, 0.25) is 0 Å². The molecule has 1 aliphatic heterocycles. The van der Waals surface area contributed by atoms with E-state index in [0.717, 1.165) is 53.3 Å². The largest absolute Gasteiger partial charge is 0.366 e. The molecule has 0 radical (unpaired) electrons. The SMILES string of the molecule is c1ccc(-c2cccc(N(c3ccccc3)c3ccc(N4C5CCC6CCCC(C6C5)C(c5ccccc5)C5C6CCCCC6C6CCC4CC65)cc3)c2)cc1. The zero-order valence-electron chi connectivity index (χ0n) is 33.2. The fourth-order valence-electron chi connectivity index (χ4n) is 14.5. The van der Waals surface area contributed by atoms with Crippen molar-refractivity contribution in [3.05, 3.63) is 145 Å². The summed E-state index contributed by atoms with van der Waals surface area (Å²) in [7, 11) is 0.